The summed E-state index contributed by atoms with van der Waals surface area (Å²) in [5.41, 5.74) is 5.42. The summed E-state index contributed by atoms with van der Waals surface area (Å²) in [4.78, 5) is 41.7. The lowest BCUT2D eigenvalue weighted by molar-refractivity contribution is -0.152. The van der Waals surface area contributed by atoms with Gasteiger partial charge in [0.05, 0.1) is 6.42 Å². The van der Waals surface area contributed by atoms with Crippen LogP contribution in [0.5, 0.6) is 0 Å². The molecule has 2 atom stereocenters. The summed E-state index contributed by atoms with van der Waals surface area (Å²) in [6, 6.07) is 4.68. The Morgan fingerprint density at radius 1 is 0.944 bits per heavy atom. The summed E-state index contributed by atoms with van der Waals surface area (Å²) in [7, 11) is 1.74. The van der Waals surface area contributed by atoms with Crippen LogP contribution in [0.2, 0.25) is 0 Å². The van der Waals surface area contributed by atoms with Gasteiger partial charge in [-0.25, -0.2) is 9.78 Å². The van der Waals surface area contributed by atoms with Crippen LogP contribution in [0.15, 0.2) is 24.4 Å². The quantitative estimate of drug-likeness (QED) is 0.155. The summed E-state index contributed by atoms with van der Waals surface area (Å²) in [5, 5.41) is 9.00. The molecular formula is C28H47N3O5. The normalized spacial score (nSPS) is 12.6. The third-order valence-electron chi connectivity index (χ3n) is 6.46. The van der Waals surface area contributed by atoms with E-state index in [1.807, 2.05) is 6.07 Å². The lowest BCUT2D eigenvalue weighted by atomic mass is 10.0. The summed E-state index contributed by atoms with van der Waals surface area (Å²) in [6.07, 6.45) is 15.6. The van der Waals surface area contributed by atoms with E-state index in [2.05, 4.69) is 11.9 Å². The molecule has 8 nitrogen and oxygen atoms in total. The molecule has 36 heavy (non-hydrogen) atoms. The molecule has 1 heterocycles. The van der Waals surface area contributed by atoms with Gasteiger partial charge in [-0.1, -0.05) is 77.2 Å². The number of nitrogens with two attached hydrogens (primary N) is 1. The molecule has 0 aliphatic heterocycles. The molecule has 1 amide bonds. The smallest absolute Gasteiger partial charge is 0.329 e. The van der Waals surface area contributed by atoms with Gasteiger partial charge in [0.25, 0.3) is 0 Å². The molecule has 8 heteroatoms. The van der Waals surface area contributed by atoms with Crippen molar-refractivity contribution < 1.29 is 24.2 Å². The maximum atomic E-state index is 13.1. The first-order valence-corrected chi connectivity index (χ1v) is 13.7. The summed E-state index contributed by atoms with van der Waals surface area (Å²) in [5.74, 6) is -1.31. The number of nitrogens with zero attached hydrogens (tertiary/aromatic N) is 2. The molecule has 1 aromatic heterocycles. The second-order valence-electron chi connectivity index (χ2n) is 9.65. The number of anilines is 1. The van der Waals surface area contributed by atoms with Gasteiger partial charge >= 0.3 is 11.9 Å². The molecule has 0 aliphatic rings. The molecule has 0 aliphatic carbocycles. The third-order valence-corrected chi connectivity index (χ3v) is 6.46. The maximum Gasteiger partial charge on any atom is 0.329 e. The minimum Gasteiger partial charge on any atom is -0.481 e. The van der Waals surface area contributed by atoms with Gasteiger partial charge in [0.15, 0.2) is 0 Å². The summed E-state index contributed by atoms with van der Waals surface area (Å²) in [6.45, 7) is 2.23. The second kappa shape index (κ2) is 19.5. The van der Waals surface area contributed by atoms with Gasteiger partial charge in [0.1, 0.15) is 18.0 Å². The SMILES string of the molecule is CCCCCCCCCCCCC[C@@H](CC(N)=O)OC(=O)[C@H](CCCC(=O)O)N(C)c1ccccn1. The van der Waals surface area contributed by atoms with Crippen LogP contribution in [0.25, 0.3) is 0 Å². The van der Waals surface area contributed by atoms with E-state index in [9.17, 15) is 14.4 Å². The highest BCUT2D eigenvalue weighted by atomic mass is 16.5. The molecule has 204 valence electrons. The topological polar surface area (TPSA) is 123 Å². The molecule has 1 aromatic rings. The van der Waals surface area contributed by atoms with Crippen LogP contribution < -0.4 is 10.6 Å². The van der Waals surface area contributed by atoms with Crippen molar-refractivity contribution in [2.45, 2.75) is 122 Å². The number of carbonyl (C=O) groups is 3. The van der Waals surface area contributed by atoms with Crippen molar-refractivity contribution in [1.82, 2.24) is 4.98 Å². The number of aromatic nitrogens is 1. The molecule has 0 saturated heterocycles. The summed E-state index contributed by atoms with van der Waals surface area (Å²) >= 11 is 0. The fourth-order valence-electron chi connectivity index (χ4n) is 4.34. The van der Waals surface area contributed by atoms with Crippen molar-refractivity contribution in [3.8, 4) is 0 Å². The van der Waals surface area contributed by atoms with Gasteiger partial charge in [-0.2, -0.15) is 0 Å². The Balaban J connectivity index is 2.54. The Morgan fingerprint density at radius 3 is 2.08 bits per heavy atom. The maximum absolute atomic E-state index is 13.1. The van der Waals surface area contributed by atoms with Crippen molar-refractivity contribution in [3.63, 3.8) is 0 Å². The van der Waals surface area contributed by atoms with Crippen molar-refractivity contribution >= 4 is 23.7 Å². The van der Waals surface area contributed by atoms with E-state index in [4.69, 9.17) is 15.6 Å². The van der Waals surface area contributed by atoms with Gasteiger partial charge in [-0.15, -0.1) is 0 Å². The highest BCUT2D eigenvalue weighted by molar-refractivity contribution is 5.80. The number of likely N-dealkylation sites (N-methyl/N-ethyl adjacent to an activating group) is 1. The molecular weight excluding hydrogens is 458 g/mol. The number of carbonyl (C=O) groups excluding carboxylic acids is 2. The number of amides is 1. The molecule has 0 spiro atoms. The van der Waals surface area contributed by atoms with E-state index < -0.39 is 30.0 Å². The van der Waals surface area contributed by atoms with Gasteiger partial charge in [0.2, 0.25) is 5.91 Å². The molecule has 0 radical (unpaired) electrons. The van der Waals surface area contributed by atoms with E-state index in [0.717, 1.165) is 19.3 Å². The van der Waals surface area contributed by atoms with Crippen molar-refractivity contribution in [2.75, 3.05) is 11.9 Å². The van der Waals surface area contributed by atoms with Crippen LogP contribution in [0.4, 0.5) is 5.82 Å². The standard InChI is InChI=1S/C28H47N3O5/c1-3-4-5-6-7-8-9-10-11-12-13-17-23(22-25(29)32)36-28(35)24(18-16-20-27(33)34)31(2)26-19-14-15-21-30-26/h14-15,19,21,23-24H,3-13,16-18,20,22H2,1-2H3,(H2,29,32)(H,33,34)/t23-,24-/m0/s1. The number of primary amides is 1. The van der Waals surface area contributed by atoms with Gasteiger partial charge < -0.3 is 20.5 Å². The van der Waals surface area contributed by atoms with Crippen LogP contribution in [0.3, 0.4) is 0 Å². The number of unbranched alkanes of at least 4 members (excludes halogenated alkanes) is 10. The lowest BCUT2D eigenvalue weighted by Crippen LogP contribution is -2.42. The zero-order valence-corrected chi connectivity index (χ0v) is 22.3. The zero-order valence-electron chi connectivity index (χ0n) is 22.3. The molecule has 0 unspecified atom stereocenters. The van der Waals surface area contributed by atoms with Crippen molar-refractivity contribution in [1.29, 1.82) is 0 Å². The first kappa shape index (κ1) is 31.4. The first-order chi connectivity index (χ1) is 17.3. The lowest BCUT2D eigenvalue weighted by Gasteiger charge is -2.29. The highest BCUT2D eigenvalue weighted by Crippen LogP contribution is 2.20. The van der Waals surface area contributed by atoms with E-state index in [1.54, 1.807) is 30.3 Å². The van der Waals surface area contributed by atoms with Gasteiger partial charge in [-0.05, 0) is 37.8 Å². The number of carboxylic acids is 1. The van der Waals surface area contributed by atoms with Crippen LogP contribution in [0, 0.1) is 0 Å². The van der Waals surface area contributed by atoms with Crippen LogP contribution >= 0.6 is 0 Å². The minimum absolute atomic E-state index is 0.0152. The van der Waals surface area contributed by atoms with E-state index >= 15 is 0 Å². The minimum atomic E-state index is -0.911. The molecule has 0 bridgehead atoms. The molecule has 0 fully saturated rings. The monoisotopic (exact) mass is 505 g/mol. The molecule has 0 saturated carbocycles. The fraction of sp³-hybridized carbons (Fsp3) is 0.714. The van der Waals surface area contributed by atoms with Crippen molar-refractivity contribution in [2.24, 2.45) is 5.73 Å². The number of pyridine rings is 1. The number of rotatable bonds is 22. The Labute approximate surface area is 217 Å². The first-order valence-electron chi connectivity index (χ1n) is 13.7. The predicted molar refractivity (Wildman–Crippen MR) is 143 cm³/mol. The average Bonchev–Trinajstić information content (AvgIpc) is 2.84. The predicted octanol–water partition coefficient (Wildman–Crippen LogP) is 5.63. The van der Waals surface area contributed by atoms with Crippen LogP contribution in [-0.2, 0) is 19.1 Å². The van der Waals surface area contributed by atoms with Gasteiger partial charge in [0, 0.05) is 19.7 Å². The number of hydrogen-bond donors (Lipinski definition) is 2. The molecule has 1 rings (SSSR count). The Morgan fingerprint density at radius 2 is 1.56 bits per heavy atom. The highest BCUT2D eigenvalue weighted by Gasteiger charge is 2.28. The Kier molecular flexibility index (Phi) is 17.0. The third kappa shape index (κ3) is 14.7. The number of hydrogen-bond acceptors (Lipinski definition) is 6. The fourth-order valence-corrected chi connectivity index (χ4v) is 4.34. The average molecular weight is 506 g/mol. The number of esters is 1. The van der Waals surface area contributed by atoms with E-state index in [-0.39, 0.29) is 12.8 Å². The largest absolute Gasteiger partial charge is 0.481 e. The van der Waals surface area contributed by atoms with E-state index in [1.165, 1.54) is 51.4 Å². The van der Waals surface area contributed by atoms with E-state index in [0.29, 0.717) is 25.1 Å². The Hall–Kier alpha value is -2.64. The number of aliphatic carboxylic acids is 1. The van der Waals surface area contributed by atoms with Gasteiger partial charge in [-0.3, -0.25) is 9.59 Å². The zero-order chi connectivity index (χ0) is 26.6. The molecule has 0 aromatic carbocycles. The van der Waals surface area contributed by atoms with Crippen molar-refractivity contribution in [3.05, 3.63) is 24.4 Å². The van der Waals surface area contributed by atoms with Crippen LogP contribution in [0.1, 0.15) is 110 Å². The summed E-state index contributed by atoms with van der Waals surface area (Å²) < 4.78 is 5.76. The Bertz CT molecular complexity index is 744. The molecule has 3 N–H and O–H groups in total. The van der Waals surface area contributed by atoms with Crippen LogP contribution in [-0.4, -0.2) is 47.1 Å². The number of ether oxygens (including phenoxy) is 1. The second-order valence-corrected chi connectivity index (χ2v) is 9.65. The number of carboxylic acid groups (broad SMARTS) is 1.